The van der Waals surface area contributed by atoms with Crippen LogP contribution < -0.4 is 5.32 Å². The molecule has 12 heavy (non-hydrogen) atoms. The van der Waals surface area contributed by atoms with Gasteiger partial charge in [0.15, 0.2) is 0 Å². The van der Waals surface area contributed by atoms with Crippen molar-refractivity contribution in [3.63, 3.8) is 0 Å². The molecule has 1 unspecified atom stereocenters. The minimum atomic E-state index is -0.278. The Balaban J connectivity index is 2.60. The van der Waals surface area contributed by atoms with Crippen molar-refractivity contribution in [2.24, 2.45) is 0 Å². The zero-order valence-corrected chi connectivity index (χ0v) is 8.06. The molecule has 0 aliphatic carbocycles. The Kier molecular flexibility index (Phi) is 2.99. The summed E-state index contributed by atoms with van der Waals surface area (Å²) in [5.41, 5.74) is -0.278. The van der Waals surface area contributed by atoms with Crippen molar-refractivity contribution in [3.8, 4) is 0 Å². The summed E-state index contributed by atoms with van der Waals surface area (Å²) in [6.07, 6.45) is 2.35. The van der Waals surface area contributed by atoms with E-state index in [1.165, 1.54) is 17.9 Å². The number of hydrogen-bond donors (Lipinski definition) is 2. The number of rotatable bonds is 4. The normalized spacial score (nSPS) is 15.6. The Bertz CT molecular complexity index is 221. The maximum Gasteiger partial charge on any atom is 0.202 e. The molecular weight excluding hydrogens is 174 g/mol. The number of nitrogens with one attached hydrogen (secondary N) is 1. The standard InChI is InChI=1S/C7H13N3OS/c1-3-7(2,4-11)10-6-8-5-9-12-6/h5,11H,3-4H2,1-2H3,(H,8,9,10). The van der Waals surface area contributed by atoms with Gasteiger partial charge in [0.05, 0.1) is 12.1 Å². The van der Waals surface area contributed by atoms with Gasteiger partial charge >= 0.3 is 0 Å². The Hall–Kier alpha value is -0.680. The van der Waals surface area contributed by atoms with E-state index in [9.17, 15) is 0 Å². The smallest absolute Gasteiger partial charge is 0.202 e. The molecule has 0 amide bonds. The van der Waals surface area contributed by atoms with Gasteiger partial charge in [-0.25, -0.2) is 4.98 Å². The predicted octanol–water partition coefficient (Wildman–Crippen LogP) is 1.11. The zero-order chi connectivity index (χ0) is 9.03. The van der Waals surface area contributed by atoms with E-state index in [2.05, 4.69) is 14.7 Å². The highest BCUT2D eigenvalue weighted by atomic mass is 32.1. The summed E-state index contributed by atoms with van der Waals surface area (Å²) in [5, 5.41) is 13.0. The molecule has 0 aliphatic rings. The molecule has 1 heterocycles. The van der Waals surface area contributed by atoms with E-state index in [4.69, 9.17) is 5.11 Å². The van der Waals surface area contributed by atoms with Crippen LogP contribution in [0, 0.1) is 0 Å². The molecule has 0 aromatic carbocycles. The average molecular weight is 187 g/mol. The van der Waals surface area contributed by atoms with Crippen molar-refractivity contribution in [1.29, 1.82) is 0 Å². The summed E-state index contributed by atoms with van der Waals surface area (Å²) in [4.78, 5) is 3.98. The highest BCUT2D eigenvalue weighted by molar-refractivity contribution is 7.09. The third-order valence-corrected chi connectivity index (χ3v) is 2.48. The van der Waals surface area contributed by atoms with Gasteiger partial charge in [0.2, 0.25) is 5.13 Å². The van der Waals surface area contributed by atoms with Gasteiger partial charge in [-0.2, -0.15) is 4.37 Å². The molecule has 1 aromatic heterocycles. The van der Waals surface area contributed by atoms with Crippen LogP contribution in [0.4, 0.5) is 5.13 Å². The molecule has 68 valence electrons. The summed E-state index contributed by atoms with van der Waals surface area (Å²) in [6.45, 7) is 4.07. The predicted molar refractivity (Wildman–Crippen MR) is 49.3 cm³/mol. The first kappa shape index (κ1) is 9.41. The molecule has 0 bridgehead atoms. The number of aromatic nitrogens is 2. The average Bonchev–Trinajstić information content (AvgIpc) is 2.57. The third kappa shape index (κ3) is 2.15. The fourth-order valence-electron chi connectivity index (χ4n) is 0.726. The zero-order valence-electron chi connectivity index (χ0n) is 7.24. The van der Waals surface area contributed by atoms with Crippen LogP contribution >= 0.6 is 11.5 Å². The van der Waals surface area contributed by atoms with Crippen molar-refractivity contribution < 1.29 is 5.11 Å². The maximum atomic E-state index is 9.08. The second-order valence-corrected chi connectivity index (χ2v) is 3.72. The van der Waals surface area contributed by atoms with E-state index < -0.39 is 0 Å². The maximum absolute atomic E-state index is 9.08. The van der Waals surface area contributed by atoms with Crippen LogP contribution in [-0.2, 0) is 0 Å². The highest BCUT2D eigenvalue weighted by Crippen LogP contribution is 2.17. The van der Waals surface area contributed by atoms with Gasteiger partial charge in [0.1, 0.15) is 6.33 Å². The van der Waals surface area contributed by atoms with Crippen molar-refractivity contribution in [2.75, 3.05) is 11.9 Å². The van der Waals surface area contributed by atoms with Crippen molar-refractivity contribution >= 4 is 16.7 Å². The van der Waals surface area contributed by atoms with Crippen LogP contribution in [0.5, 0.6) is 0 Å². The number of aliphatic hydroxyl groups is 1. The molecule has 2 N–H and O–H groups in total. The molecule has 0 saturated heterocycles. The molecule has 0 spiro atoms. The molecule has 1 rings (SSSR count). The number of hydrogen-bond acceptors (Lipinski definition) is 5. The van der Waals surface area contributed by atoms with Gasteiger partial charge in [0, 0.05) is 11.5 Å². The summed E-state index contributed by atoms with van der Waals surface area (Å²) >= 11 is 1.30. The van der Waals surface area contributed by atoms with E-state index in [1.54, 1.807) is 0 Å². The van der Waals surface area contributed by atoms with Crippen molar-refractivity contribution in [2.45, 2.75) is 25.8 Å². The van der Waals surface area contributed by atoms with Gasteiger partial charge < -0.3 is 10.4 Å². The second-order valence-electron chi connectivity index (χ2n) is 2.94. The van der Waals surface area contributed by atoms with Gasteiger partial charge in [0.25, 0.3) is 0 Å². The van der Waals surface area contributed by atoms with Crippen LogP contribution in [0.3, 0.4) is 0 Å². The Morgan fingerprint density at radius 2 is 2.50 bits per heavy atom. The van der Waals surface area contributed by atoms with Crippen molar-refractivity contribution in [1.82, 2.24) is 9.36 Å². The monoisotopic (exact) mass is 187 g/mol. The highest BCUT2D eigenvalue weighted by Gasteiger charge is 2.21. The van der Waals surface area contributed by atoms with Gasteiger partial charge in [-0.05, 0) is 13.3 Å². The molecule has 0 fully saturated rings. The summed E-state index contributed by atoms with van der Waals surface area (Å²) < 4.78 is 3.86. The van der Waals surface area contributed by atoms with E-state index in [1.807, 2.05) is 13.8 Å². The van der Waals surface area contributed by atoms with Crippen LogP contribution in [0.1, 0.15) is 20.3 Å². The summed E-state index contributed by atoms with van der Waals surface area (Å²) in [6, 6.07) is 0. The minimum absolute atomic E-state index is 0.100. The fourth-order valence-corrected chi connectivity index (χ4v) is 1.31. The quantitative estimate of drug-likeness (QED) is 0.741. The number of aliphatic hydroxyl groups excluding tert-OH is 1. The molecule has 1 atom stereocenters. The fraction of sp³-hybridized carbons (Fsp3) is 0.714. The first-order valence-corrected chi connectivity index (χ1v) is 4.63. The molecule has 0 saturated carbocycles. The second kappa shape index (κ2) is 3.82. The lowest BCUT2D eigenvalue weighted by Crippen LogP contribution is -2.37. The van der Waals surface area contributed by atoms with Gasteiger partial charge in [-0.1, -0.05) is 6.92 Å². The molecule has 5 heteroatoms. The van der Waals surface area contributed by atoms with Crippen LogP contribution in [0.25, 0.3) is 0 Å². The van der Waals surface area contributed by atoms with E-state index >= 15 is 0 Å². The Labute approximate surface area is 75.8 Å². The van der Waals surface area contributed by atoms with E-state index in [0.717, 1.165) is 11.6 Å². The molecule has 0 radical (unpaired) electrons. The largest absolute Gasteiger partial charge is 0.394 e. The van der Waals surface area contributed by atoms with Gasteiger partial charge in [-0.3, -0.25) is 0 Å². The third-order valence-electron chi connectivity index (χ3n) is 1.90. The first-order valence-electron chi connectivity index (χ1n) is 3.86. The van der Waals surface area contributed by atoms with Crippen LogP contribution in [-0.4, -0.2) is 26.6 Å². The Morgan fingerprint density at radius 3 is 2.92 bits per heavy atom. The first-order chi connectivity index (χ1) is 5.70. The number of nitrogens with zero attached hydrogens (tertiary/aromatic N) is 2. The lowest BCUT2D eigenvalue weighted by Gasteiger charge is -2.26. The summed E-state index contributed by atoms with van der Waals surface area (Å²) in [7, 11) is 0. The number of anilines is 1. The van der Waals surface area contributed by atoms with Crippen LogP contribution in [0.2, 0.25) is 0 Å². The SMILES string of the molecule is CCC(C)(CO)Nc1ncns1. The van der Waals surface area contributed by atoms with Crippen molar-refractivity contribution in [3.05, 3.63) is 6.33 Å². The molecular formula is C7H13N3OS. The molecule has 1 aromatic rings. The van der Waals surface area contributed by atoms with Crippen LogP contribution in [0.15, 0.2) is 6.33 Å². The van der Waals surface area contributed by atoms with E-state index in [-0.39, 0.29) is 12.1 Å². The molecule has 0 aliphatic heterocycles. The van der Waals surface area contributed by atoms with Gasteiger partial charge in [-0.15, -0.1) is 0 Å². The minimum Gasteiger partial charge on any atom is -0.394 e. The van der Waals surface area contributed by atoms with E-state index in [0.29, 0.717) is 0 Å². The lowest BCUT2D eigenvalue weighted by atomic mass is 10.0. The lowest BCUT2D eigenvalue weighted by molar-refractivity contribution is 0.219. The topological polar surface area (TPSA) is 58.0 Å². The molecule has 4 nitrogen and oxygen atoms in total. The Morgan fingerprint density at radius 1 is 1.75 bits per heavy atom. The summed E-state index contributed by atoms with van der Waals surface area (Å²) in [5.74, 6) is 0.